The van der Waals surface area contributed by atoms with E-state index in [1.165, 1.54) is 31.6 Å². The molecule has 0 unspecified atom stereocenters. The summed E-state index contributed by atoms with van der Waals surface area (Å²) < 4.78 is 20.6. The molecular formula is C22H24N4O6S. The number of amides is 1. The molecule has 0 aromatic carbocycles. The summed E-state index contributed by atoms with van der Waals surface area (Å²) in [4.78, 5) is 35.5. The molecule has 1 aliphatic rings. The average molecular weight is 473 g/mol. The minimum atomic E-state index is -0.524. The van der Waals surface area contributed by atoms with Gasteiger partial charge >= 0.3 is 5.97 Å². The van der Waals surface area contributed by atoms with Gasteiger partial charge in [-0.15, -0.1) is 11.3 Å². The number of carbonyl (C=O) groups is 2. The molecule has 1 aliphatic heterocycles. The third kappa shape index (κ3) is 4.82. The number of esters is 1. The van der Waals surface area contributed by atoms with E-state index in [4.69, 9.17) is 18.7 Å². The van der Waals surface area contributed by atoms with E-state index in [1.807, 2.05) is 5.38 Å². The summed E-state index contributed by atoms with van der Waals surface area (Å²) >= 11 is 1.53. The number of hydrogen-bond donors (Lipinski definition) is 0. The number of thiazole rings is 1. The number of rotatable bonds is 7. The first-order chi connectivity index (χ1) is 16.0. The van der Waals surface area contributed by atoms with Gasteiger partial charge in [0.1, 0.15) is 11.3 Å². The van der Waals surface area contributed by atoms with Gasteiger partial charge in [0, 0.05) is 36.5 Å². The van der Waals surface area contributed by atoms with Crippen LogP contribution in [0.5, 0.6) is 11.8 Å². The van der Waals surface area contributed by atoms with Crippen LogP contribution in [0.25, 0.3) is 11.5 Å². The molecule has 4 rings (SSSR count). The van der Waals surface area contributed by atoms with Crippen molar-refractivity contribution in [2.24, 2.45) is 0 Å². The number of likely N-dealkylation sites (tertiary alicyclic amines) is 1. The van der Waals surface area contributed by atoms with Crippen LogP contribution in [0.4, 0.5) is 0 Å². The van der Waals surface area contributed by atoms with Crippen LogP contribution in [-0.4, -0.2) is 65.8 Å². The van der Waals surface area contributed by atoms with E-state index >= 15 is 0 Å². The SMILES string of the molecule is CCOC(=O)c1cc(-c2csc(C3CCN(C(=O)c4ccc(OC)nc4OC)CC3)n2)on1. The second-order valence-electron chi connectivity index (χ2n) is 7.34. The molecule has 10 nitrogen and oxygen atoms in total. The largest absolute Gasteiger partial charge is 0.481 e. The van der Waals surface area contributed by atoms with Gasteiger partial charge in [0.2, 0.25) is 11.8 Å². The first-order valence-corrected chi connectivity index (χ1v) is 11.4. The summed E-state index contributed by atoms with van der Waals surface area (Å²) in [7, 11) is 2.99. The van der Waals surface area contributed by atoms with Gasteiger partial charge in [-0.1, -0.05) is 5.16 Å². The van der Waals surface area contributed by atoms with Gasteiger partial charge in [0.05, 0.1) is 25.8 Å². The van der Waals surface area contributed by atoms with Gasteiger partial charge in [-0.2, -0.15) is 4.98 Å². The number of ether oxygens (including phenoxy) is 3. The predicted octanol–water partition coefficient (Wildman–Crippen LogP) is 3.41. The van der Waals surface area contributed by atoms with Crippen LogP contribution >= 0.6 is 11.3 Å². The molecule has 174 valence electrons. The van der Waals surface area contributed by atoms with Crippen molar-refractivity contribution in [1.82, 2.24) is 20.0 Å². The van der Waals surface area contributed by atoms with Crippen molar-refractivity contribution in [1.29, 1.82) is 0 Å². The van der Waals surface area contributed by atoms with Crippen LogP contribution < -0.4 is 9.47 Å². The molecule has 3 aromatic heterocycles. The highest BCUT2D eigenvalue weighted by atomic mass is 32.1. The number of methoxy groups -OCH3 is 2. The van der Waals surface area contributed by atoms with Crippen molar-refractivity contribution in [3.05, 3.63) is 39.8 Å². The van der Waals surface area contributed by atoms with Crippen molar-refractivity contribution in [3.63, 3.8) is 0 Å². The van der Waals surface area contributed by atoms with Crippen LogP contribution in [0, 0.1) is 0 Å². The van der Waals surface area contributed by atoms with Gasteiger partial charge in [0.25, 0.3) is 5.91 Å². The van der Waals surface area contributed by atoms with Crippen LogP contribution in [0.2, 0.25) is 0 Å². The topological polar surface area (TPSA) is 117 Å². The van der Waals surface area contributed by atoms with Crippen molar-refractivity contribution < 1.29 is 28.3 Å². The van der Waals surface area contributed by atoms with E-state index in [-0.39, 0.29) is 30.0 Å². The van der Waals surface area contributed by atoms with Crippen LogP contribution in [0.1, 0.15) is 51.5 Å². The Kier molecular flexibility index (Phi) is 6.87. The molecule has 0 atom stereocenters. The highest BCUT2D eigenvalue weighted by Crippen LogP contribution is 2.34. The fourth-order valence-electron chi connectivity index (χ4n) is 3.64. The number of nitrogens with zero attached hydrogens (tertiary/aromatic N) is 4. The molecule has 1 amide bonds. The standard InChI is InChI=1S/C22H24N4O6S/c1-4-31-22(28)15-11-17(32-25-15)16-12-33-20(23-16)13-7-9-26(10-8-13)21(27)14-5-6-18(29-2)24-19(14)30-3/h5-6,11-13H,4,7-10H2,1-3H3. The summed E-state index contributed by atoms with van der Waals surface area (Å²) in [6.07, 6.45) is 1.57. The highest BCUT2D eigenvalue weighted by Gasteiger charge is 2.29. The van der Waals surface area contributed by atoms with E-state index in [1.54, 1.807) is 24.0 Å². The lowest BCUT2D eigenvalue weighted by Crippen LogP contribution is -2.38. The van der Waals surface area contributed by atoms with Gasteiger partial charge < -0.3 is 23.6 Å². The molecule has 1 saturated heterocycles. The maximum atomic E-state index is 13.0. The van der Waals surface area contributed by atoms with Crippen molar-refractivity contribution >= 4 is 23.2 Å². The van der Waals surface area contributed by atoms with Crippen LogP contribution in [0.15, 0.2) is 28.1 Å². The van der Waals surface area contributed by atoms with Crippen molar-refractivity contribution in [2.75, 3.05) is 33.9 Å². The van der Waals surface area contributed by atoms with Crippen molar-refractivity contribution in [3.8, 4) is 23.2 Å². The second kappa shape index (κ2) is 9.99. The quantitative estimate of drug-likeness (QED) is 0.477. The zero-order valence-corrected chi connectivity index (χ0v) is 19.4. The van der Waals surface area contributed by atoms with Gasteiger partial charge in [-0.05, 0) is 25.8 Å². The summed E-state index contributed by atoms with van der Waals surface area (Å²) in [5, 5.41) is 6.62. The monoisotopic (exact) mass is 472 g/mol. The first kappa shape index (κ1) is 22.7. The molecule has 3 aromatic rings. The molecule has 0 N–H and O–H groups in total. The molecular weight excluding hydrogens is 448 g/mol. The van der Waals surface area contributed by atoms with Crippen LogP contribution in [-0.2, 0) is 4.74 Å². The Labute approximate surface area is 194 Å². The smallest absolute Gasteiger partial charge is 0.360 e. The summed E-state index contributed by atoms with van der Waals surface area (Å²) in [5.41, 5.74) is 1.17. The fourth-order valence-corrected chi connectivity index (χ4v) is 4.62. The lowest BCUT2D eigenvalue weighted by Gasteiger charge is -2.31. The molecule has 0 spiro atoms. The summed E-state index contributed by atoms with van der Waals surface area (Å²) in [6, 6.07) is 4.86. The number of pyridine rings is 1. The van der Waals surface area contributed by atoms with Gasteiger partial charge in [-0.3, -0.25) is 4.79 Å². The number of carbonyl (C=O) groups excluding carboxylic acids is 2. The highest BCUT2D eigenvalue weighted by molar-refractivity contribution is 7.10. The van der Waals surface area contributed by atoms with E-state index in [2.05, 4.69) is 15.1 Å². The minimum Gasteiger partial charge on any atom is -0.481 e. The Hall–Kier alpha value is -3.47. The summed E-state index contributed by atoms with van der Waals surface area (Å²) in [6.45, 7) is 3.20. The number of hydrogen-bond acceptors (Lipinski definition) is 10. The normalized spacial score (nSPS) is 14.2. The molecule has 0 saturated carbocycles. The first-order valence-electron chi connectivity index (χ1n) is 10.5. The van der Waals surface area contributed by atoms with Gasteiger partial charge in [-0.25, -0.2) is 9.78 Å². The maximum absolute atomic E-state index is 13.0. The average Bonchev–Trinajstić information content (AvgIpc) is 3.53. The van der Waals surface area contributed by atoms with Crippen molar-refractivity contribution in [2.45, 2.75) is 25.7 Å². The predicted molar refractivity (Wildman–Crippen MR) is 119 cm³/mol. The summed E-state index contributed by atoms with van der Waals surface area (Å²) in [5.74, 6) is 0.656. The van der Waals surface area contributed by atoms with E-state index < -0.39 is 5.97 Å². The third-order valence-corrected chi connectivity index (χ3v) is 6.38. The molecule has 33 heavy (non-hydrogen) atoms. The zero-order chi connectivity index (χ0) is 23.4. The minimum absolute atomic E-state index is 0.117. The maximum Gasteiger partial charge on any atom is 0.360 e. The Morgan fingerprint density at radius 3 is 2.67 bits per heavy atom. The Balaban J connectivity index is 1.39. The zero-order valence-electron chi connectivity index (χ0n) is 18.6. The Bertz CT molecular complexity index is 1140. The molecule has 0 bridgehead atoms. The fraction of sp³-hybridized carbons (Fsp3) is 0.409. The number of piperidine rings is 1. The lowest BCUT2D eigenvalue weighted by molar-refractivity contribution is 0.0514. The van der Waals surface area contributed by atoms with Crippen LogP contribution in [0.3, 0.4) is 0 Å². The van der Waals surface area contributed by atoms with E-state index in [9.17, 15) is 9.59 Å². The molecule has 11 heteroatoms. The van der Waals surface area contributed by atoms with Gasteiger partial charge in [0.15, 0.2) is 11.5 Å². The Morgan fingerprint density at radius 1 is 1.18 bits per heavy atom. The molecule has 0 radical (unpaired) electrons. The Morgan fingerprint density at radius 2 is 1.97 bits per heavy atom. The lowest BCUT2D eigenvalue weighted by atomic mass is 9.97. The third-order valence-electron chi connectivity index (χ3n) is 5.37. The molecule has 0 aliphatic carbocycles. The molecule has 4 heterocycles. The molecule has 1 fully saturated rings. The van der Waals surface area contributed by atoms with E-state index in [0.717, 1.165) is 17.8 Å². The second-order valence-corrected chi connectivity index (χ2v) is 8.23. The number of aromatic nitrogens is 3. The van der Waals surface area contributed by atoms with E-state index in [0.29, 0.717) is 36.0 Å².